The second kappa shape index (κ2) is 7.95. The maximum absolute atomic E-state index is 12.9. The van der Waals surface area contributed by atoms with Crippen molar-refractivity contribution in [2.75, 3.05) is 26.2 Å². The van der Waals surface area contributed by atoms with Crippen LogP contribution in [0.4, 0.5) is 5.69 Å². The zero-order valence-corrected chi connectivity index (χ0v) is 15.6. The number of amides is 2. The monoisotopic (exact) mass is 366 g/mol. The van der Waals surface area contributed by atoms with E-state index in [9.17, 15) is 9.59 Å². The number of likely N-dealkylation sites (N-methyl/N-ethyl adjacent to an activating group) is 1. The van der Waals surface area contributed by atoms with Crippen LogP contribution in [0.25, 0.3) is 6.08 Å². The number of fused-ring (bicyclic) bond motifs is 1. The molecule has 1 aliphatic rings. The van der Waals surface area contributed by atoms with Crippen LogP contribution in [-0.2, 0) is 16.0 Å². The van der Waals surface area contributed by atoms with E-state index in [1.54, 1.807) is 44.4 Å². The first-order valence-corrected chi connectivity index (χ1v) is 8.61. The molecule has 0 aromatic heterocycles. The van der Waals surface area contributed by atoms with E-state index in [0.29, 0.717) is 17.9 Å². The molecule has 140 valence electrons. The second-order valence-corrected chi connectivity index (χ2v) is 6.12. The highest BCUT2D eigenvalue weighted by molar-refractivity contribution is 6.09. The Labute approximate surface area is 158 Å². The third kappa shape index (κ3) is 3.65. The number of methoxy groups -OCH3 is 2. The number of benzene rings is 2. The number of carbonyl (C=O) groups is 2. The van der Waals surface area contributed by atoms with Crippen molar-refractivity contribution in [3.63, 3.8) is 0 Å². The lowest BCUT2D eigenvalue weighted by atomic mass is 10.1. The van der Waals surface area contributed by atoms with Crippen LogP contribution in [0.1, 0.15) is 11.1 Å². The van der Waals surface area contributed by atoms with Crippen molar-refractivity contribution in [3.05, 3.63) is 59.7 Å². The third-order valence-electron chi connectivity index (χ3n) is 4.59. The smallest absolute Gasteiger partial charge is 0.251 e. The van der Waals surface area contributed by atoms with Gasteiger partial charge in [0.25, 0.3) is 5.91 Å². The third-order valence-corrected chi connectivity index (χ3v) is 4.59. The molecular weight excluding hydrogens is 344 g/mol. The SMILES string of the molecule is CNC(=O)C1Cc2ccccc2N1C(=O)C=Cc1ccc(OC)c(OC)c1. The Balaban J connectivity index is 1.87. The minimum atomic E-state index is -0.546. The van der Waals surface area contributed by atoms with E-state index in [1.165, 1.54) is 6.08 Å². The standard InChI is InChI=1S/C21H22N2O4/c1-22-21(25)17-13-15-6-4-5-7-16(15)23(17)20(24)11-9-14-8-10-18(26-2)19(12-14)27-3/h4-12,17H,13H2,1-3H3,(H,22,25). The van der Waals surface area contributed by atoms with Crippen LogP contribution in [0.2, 0.25) is 0 Å². The molecule has 0 saturated heterocycles. The maximum Gasteiger partial charge on any atom is 0.251 e. The first kappa shape index (κ1) is 18.5. The molecule has 2 aromatic rings. The fraction of sp³-hybridized carbons (Fsp3) is 0.238. The summed E-state index contributed by atoms with van der Waals surface area (Å²) in [4.78, 5) is 26.7. The van der Waals surface area contributed by atoms with Crippen LogP contribution in [0, 0.1) is 0 Å². The Hall–Kier alpha value is -3.28. The fourth-order valence-corrected chi connectivity index (χ4v) is 3.24. The van der Waals surface area contributed by atoms with Gasteiger partial charge in [0, 0.05) is 25.2 Å². The minimum absolute atomic E-state index is 0.181. The quantitative estimate of drug-likeness (QED) is 0.826. The number of carbonyl (C=O) groups excluding carboxylic acids is 2. The molecule has 3 rings (SSSR count). The Kier molecular flexibility index (Phi) is 5.45. The molecule has 1 unspecified atom stereocenters. The lowest BCUT2D eigenvalue weighted by molar-refractivity contribution is -0.124. The summed E-state index contributed by atoms with van der Waals surface area (Å²) in [5, 5.41) is 2.64. The van der Waals surface area contributed by atoms with Gasteiger partial charge in [-0.25, -0.2) is 0 Å². The molecule has 0 bridgehead atoms. The molecular formula is C21H22N2O4. The Morgan fingerprint density at radius 3 is 2.56 bits per heavy atom. The van der Waals surface area contributed by atoms with Crippen molar-refractivity contribution in [1.82, 2.24) is 5.32 Å². The number of rotatable bonds is 5. The lowest BCUT2D eigenvalue weighted by Gasteiger charge is -2.23. The van der Waals surface area contributed by atoms with Crippen LogP contribution < -0.4 is 19.7 Å². The largest absolute Gasteiger partial charge is 0.493 e. The van der Waals surface area contributed by atoms with E-state index in [0.717, 1.165) is 16.8 Å². The van der Waals surface area contributed by atoms with Crippen LogP contribution >= 0.6 is 0 Å². The molecule has 6 heteroatoms. The molecule has 2 aromatic carbocycles. The summed E-state index contributed by atoms with van der Waals surface area (Å²) in [7, 11) is 4.71. The van der Waals surface area contributed by atoms with Gasteiger partial charge in [-0.2, -0.15) is 0 Å². The van der Waals surface area contributed by atoms with Gasteiger partial charge in [0.15, 0.2) is 11.5 Å². The van der Waals surface area contributed by atoms with Gasteiger partial charge in [0.2, 0.25) is 5.91 Å². The molecule has 1 atom stereocenters. The molecule has 2 amide bonds. The number of hydrogen-bond acceptors (Lipinski definition) is 4. The van der Waals surface area contributed by atoms with Gasteiger partial charge < -0.3 is 14.8 Å². The summed E-state index contributed by atoms with van der Waals surface area (Å²) >= 11 is 0. The van der Waals surface area contributed by atoms with Crippen molar-refractivity contribution in [1.29, 1.82) is 0 Å². The predicted molar refractivity (Wildman–Crippen MR) is 104 cm³/mol. The number of anilines is 1. The number of hydrogen-bond donors (Lipinski definition) is 1. The molecule has 0 saturated carbocycles. The molecule has 0 aliphatic carbocycles. The highest BCUT2D eigenvalue weighted by Crippen LogP contribution is 2.33. The molecule has 0 fully saturated rings. The van der Waals surface area contributed by atoms with Crippen molar-refractivity contribution < 1.29 is 19.1 Å². The second-order valence-electron chi connectivity index (χ2n) is 6.12. The first-order chi connectivity index (χ1) is 13.1. The molecule has 1 heterocycles. The van der Waals surface area contributed by atoms with Gasteiger partial charge in [0.05, 0.1) is 14.2 Å². The van der Waals surface area contributed by atoms with Crippen LogP contribution in [-0.4, -0.2) is 39.1 Å². The number of ether oxygens (including phenoxy) is 2. The zero-order chi connectivity index (χ0) is 19.4. The predicted octanol–water partition coefficient (Wildman–Crippen LogP) is 2.42. The molecule has 1 aliphatic heterocycles. The normalized spacial score (nSPS) is 15.5. The Morgan fingerprint density at radius 2 is 1.85 bits per heavy atom. The van der Waals surface area contributed by atoms with Gasteiger partial charge >= 0.3 is 0 Å². The van der Waals surface area contributed by atoms with E-state index in [2.05, 4.69) is 5.32 Å². The average Bonchev–Trinajstić information content (AvgIpc) is 3.10. The highest BCUT2D eigenvalue weighted by atomic mass is 16.5. The van der Waals surface area contributed by atoms with Crippen LogP contribution in [0.15, 0.2) is 48.5 Å². The number of nitrogens with one attached hydrogen (secondary N) is 1. The fourth-order valence-electron chi connectivity index (χ4n) is 3.24. The van der Waals surface area contributed by atoms with Crippen molar-refractivity contribution in [2.45, 2.75) is 12.5 Å². The van der Waals surface area contributed by atoms with Crippen molar-refractivity contribution >= 4 is 23.6 Å². The average molecular weight is 366 g/mol. The van der Waals surface area contributed by atoms with Gasteiger partial charge in [0.1, 0.15) is 6.04 Å². The van der Waals surface area contributed by atoms with Crippen molar-refractivity contribution in [3.8, 4) is 11.5 Å². The summed E-state index contributed by atoms with van der Waals surface area (Å²) in [5.74, 6) is 0.776. The van der Waals surface area contributed by atoms with Gasteiger partial charge in [-0.15, -0.1) is 0 Å². The van der Waals surface area contributed by atoms with E-state index in [4.69, 9.17) is 9.47 Å². The van der Waals surface area contributed by atoms with Gasteiger partial charge in [-0.1, -0.05) is 24.3 Å². The van der Waals surface area contributed by atoms with E-state index < -0.39 is 6.04 Å². The van der Waals surface area contributed by atoms with E-state index in [-0.39, 0.29) is 11.8 Å². The Bertz CT molecular complexity index is 892. The highest BCUT2D eigenvalue weighted by Gasteiger charge is 2.36. The maximum atomic E-state index is 12.9. The summed E-state index contributed by atoms with van der Waals surface area (Å²) in [5.41, 5.74) is 2.55. The molecule has 6 nitrogen and oxygen atoms in total. The lowest BCUT2D eigenvalue weighted by Crippen LogP contribution is -2.46. The first-order valence-electron chi connectivity index (χ1n) is 8.61. The van der Waals surface area contributed by atoms with Gasteiger partial charge in [-0.05, 0) is 35.4 Å². The molecule has 0 spiro atoms. The zero-order valence-electron chi connectivity index (χ0n) is 15.6. The van der Waals surface area contributed by atoms with Gasteiger partial charge in [-0.3, -0.25) is 14.5 Å². The summed E-state index contributed by atoms with van der Waals surface area (Å²) in [6.07, 6.45) is 3.68. The molecule has 1 N–H and O–H groups in total. The van der Waals surface area contributed by atoms with Crippen LogP contribution in [0.3, 0.4) is 0 Å². The summed E-state index contributed by atoms with van der Waals surface area (Å²) in [6, 6.07) is 12.4. The molecule has 27 heavy (non-hydrogen) atoms. The van der Waals surface area contributed by atoms with E-state index in [1.807, 2.05) is 30.3 Å². The minimum Gasteiger partial charge on any atom is -0.493 e. The molecule has 0 radical (unpaired) electrons. The topological polar surface area (TPSA) is 67.9 Å². The number of para-hydroxylation sites is 1. The summed E-state index contributed by atoms with van der Waals surface area (Å²) < 4.78 is 10.5. The Morgan fingerprint density at radius 1 is 1.11 bits per heavy atom. The van der Waals surface area contributed by atoms with Crippen molar-refractivity contribution in [2.24, 2.45) is 0 Å². The van der Waals surface area contributed by atoms with Crippen LogP contribution in [0.5, 0.6) is 11.5 Å². The number of nitrogens with zero attached hydrogens (tertiary/aromatic N) is 1. The summed E-state index contributed by atoms with van der Waals surface area (Å²) in [6.45, 7) is 0. The van der Waals surface area contributed by atoms with E-state index >= 15 is 0 Å².